The number of carbonyl (C=O) groups excluding carboxylic acids is 4. The summed E-state index contributed by atoms with van der Waals surface area (Å²) in [6.45, 7) is 10.1. The molecule has 0 radical (unpaired) electrons. The van der Waals surface area contributed by atoms with Gasteiger partial charge in [-0.15, -0.1) is 0 Å². The van der Waals surface area contributed by atoms with Crippen LogP contribution in [0.5, 0.6) is 0 Å². The fourth-order valence-corrected chi connectivity index (χ4v) is 5.23. The van der Waals surface area contributed by atoms with E-state index in [2.05, 4.69) is 0 Å². The quantitative estimate of drug-likeness (QED) is 0.295. The van der Waals surface area contributed by atoms with E-state index in [9.17, 15) is 19.2 Å². The van der Waals surface area contributed by atoms with Crippen LogP contribution in [0, 0.1) is 0 Å². The number of methoxy groups -OCH3 is 1. The maximum Gasteiger partial charge on any atom is 0.339 e. The summed E-state index contributed by atoms with van der Waals surface area (Å²) in [5, 5.41) is 0. The third-order valence-corrected chi connectivity index (χ3v) is 6.51. The first-order chi connectivity index (χ1) is 18.6. The standard InChI is InChI=1S/C25H36O15/c1-10(26)32-15-16(33-11(2)27)19(34-12(3)28)22(36-18(15)21(29)30-8)31-9-13-14-17(38-24(4,5)37-14)20-23(35-13)40-25(6,7)39-20/h13-20,22-23H,9H2,1-8H3. The first kappa shape index (κ1) is 30.6. The van der Waals surface area contributed by atoms with E-state index < -0.39 is 96.9 Å². The number of rotatable bonds is 7. The van der Waals surface area contributed by atoms with Gasteiger partial charge in [-0.1, -0.05) is 0 Å². The lowest BCUT2D eigenvalue weighted by molar-refractivity contribution is -0.314. The van der Waals surface area contributed by atoms with Gasteiger partial charge in [-0.25, -0.2) is 4.79 Å². The maximum atomic E-state index is 12.6. The molecule has 15 heteroatoms. The lowest BCUT2D eigenvalue weighted by atomic mass is 9.97. The van der Waals surface area contributed by atoms with Crippen LogP contribution in [0.1, 0.15) is 48.5 Å². The zero-order chi connectivity index (χ0) is 29.6. The molecule has 4 fully saturated rings. The molecule has 0 aromatic carbocycles. The Bertz CT molecular complexity index is 995. The molecule has 4 rings (SSSR count). The van der Waals surface area contributed by atoms with E-state index in [0.717, 1.165) is 27.9 Å². The number of ether oxygens (including phenoxy) is 11. The SMILES string of the molecule is COC(=O)C1OC(OCC2OC3OC(C)(C)OC3C3OC(C)(C)OC23)C(OC(C)=O)C(OC(C)=O)C1OC(C)=O. The maximum absolute atomic E-state index is 12.6. The molecule has 0 aromatic heterocycles. The number of hydrogen-bond donors (Lipinski definition) is 0. The zero-order valence-corrected chi connectivity index (χ0v) is 23.6. The molecule has 10 atom stereocenters. The zero-order valence-electron chi connectivity index (χ0n) is 23.6. The van der Waals surface area contributed by atoms with Gasteiger partial charge in [-0.3, -0.25) is 14.4 Å². The molecule has 4 aliphatic rings. The minimum absolute atomic E-state index is 0.227. The van der Waals surface area contributed by atoms with Crippen molar-refractivity contribution >= 4 is 23.9 Å². The van der Waals surface area contributed by atoms with Gasteiger partial charge in [-0.2, -0.15) is 0 Å². The van der Waals surface area contributed by atoms with Gasteiger partial charge >= 0.3 is 23.9 Å². The van der Waals surface area contributed by atoms with Crippen molar-refractivity contribution in [2.45, 2.75) is 121 Å². The summed E-state index contributed by atoms with van der Waals surface area (Å²) in [7, 11) is 1.10. The number of hydrogen-bond acceptors (Lipinski definition) is 15. The average Bonchev–Trinajstić information content (AvgIpc) is 3.32. The Morgan fingerprint density at radius 2 is 1.20 bits per heavy atom. The van der Waals surface area contributed by atoms with Crippen LogP contribution < -0.4 is 0 Å². The average molecular weight is 577 g/mol. The van der Waals surface area contributed by atoms with Crippen molar-refractivity contribution in [1.29, 1.82) is 0 Å². The van der Waals surface area contributed by atoms with Crippen molar-refractivity contribution in [3.63, 3.8) is 0 Å². The monoisotopic (exact) mass is 576 g/mol. The van der Waals surface area contributed by atoms with Crippen LogP contribution in [-0.2, 0) is 71.3 Å². The highest BCUT2D eigenvalue weighted by Gasteiger charge is 2.61. The predicted molar refractivity (Wildman–Crippen MR) is 126 cm³/mol. The molecular weight excluding hydrogens is 540 g/mol. The highest BCUT2D eigenvalue weighted by Crippen LogP contribution is 2.44. The fourth-order valence-electron chi connectivity index (χ4n) is 5.23. The Morgan fingerprint density at radius 3 is 1.80 bits per heavy atom. The lowest BCUT2D eigenvalue weighted by Gasteiger charge is -2.44. The van der Waals surface area contributed by atoms with Crippen LogP contribution in [0.4, 0.5) is 0 Å². The van der Waals surface area contributed by atoms with Crippen molar-refractivity contribution in [2.24, 2.45) is 0 Å². The molecule has 40 heavy (non-hydrogen) atoms. The highest BCUT2D eigenvalue weighted by atomic mass is 16.9. The number of esters is 4. The summed E-state index contributed by atoms with van der Waals surface area (Å²) >= 11 is 0. The van der Waals surface area contributed by atoms with Gasteiger partial charge in [0.1, 0.15) is 24.4 Å². The van der Waals surface area contributed by atoms with Crippen molar-refractivity contribution < 1.29 is 71.3 Å². The summed E-state index contributed by atoms with van der Waals surface area (Å²) in [4.78, 5) is 48.5. The smallest absolute Gasteiger partial charge is 0.339 e. The molecule has 4 heterocycles. The molecular formula is C25H36O15. The van der Waals surface area contributed by atoms with Crippen LogP contribution >= 0.6 is 0 Å². The summed E-state index contributed by atoms with van der Waals surface area (Å²) in [6.07, 6.45) is -10.9. The summed E-state index contributed by atoms with van der Waals surface area (Å²) in [5.41, 5.74) is 0. The predicted octanol–water partition coefficient (Wildman–Crippen LogP) is 0.0925. The minimum Gasteiger partial charge on any atom is -0.467 e. The largest absolute Gasteiger partial charge is 0.467 e. The molecule has 4 aliphatic heterocycles. The molecule has 0 saturated carbocycles. The molecule has 226 valence electrons. The second-order valence-electron chi connectivity index (χ2n) is 10.7. The van der Waals surface area contributed by atoms with E-state index in [-0.39, 0.29) is 6.61 Å². The van der Waals surface area contributed by atoms with Crippen molar-refractivity contribution in [3.8, 4) is 0 Å². The third-order valence-electron chi connectivity index (χ3n) is 6.51. The van der Waals surface area contributed by atoms with Crippen molar-refractivity contribution in [2.75, 3.05) is 13.7 Å². The van der Waals surface area contributed by atoms with E-state index in [4.69, 9.17) is 52.1 Å². The highest BCUT2D eigenvalue weighted by molar-refractivity contribution is 5.77. The molecule has 0 N–H and O–H groups in total. The van der Waals surface area contributed by atoms with E-state index >= 15 is 0 Å². The Balaban J connectivity index is 1.60. The van der Waals surface area contributed by atoms with Gasteiger partial charge in [0.2, 0.25) is 0 Å². The molecule has 4 saturated heterocycles. The van der Waals surface area contributed by atoms with Gasteiger partial charge < -0.3 is 52.1 Å². The molecule has 10 unspecified atom stereocenters. The second kappa shape index (κ2) is 11.5. The Labute approximate surface area is 230 Å². The fraction of sp³-hybridized carbons (Fsp3) is 0.840. The van der Waals surface area contributed by atoms with Crippen LogP contribution in [0.25, 0.3) is 0 Å². The van der Waals surface area contributed by atoms with Crippen molar-refractivity contribution in [1.82, 2.24) is 0 Å². The first-order valence-corrected chi connectivity index (χ1v) is 12.8. The minimum atomic E-state index is -1.59. The van der Waals surface area contributed by atoms with Crippen molar-refractivity contribution in [3.05, 3.63) is 0 Å². The lowest BCUT2D eigenvalue weighted by Crippen LogP contribution is -2.64. The van der Waals surface area contributed by atoms with Crippen LogP contribution in [0.15, 0.2) is 0 Å². The normalized spacial score (nSPS) is 39.4. The second-order valence-corrected chi connectivity index (χ2v) is 10.7. The third kappa shape index (κ3) is 6.56. The Morgan fingerprint density at radius 1 is 0.675 bits per heavy atom. The summed E-state index contributed by atoms with van der Waals surface area (Å²) in [5.74, 6) is -5.22. The van der Waals surface area contributed by atoms with Gasteiger partial charge in [0.05, 0.1) is 13.7 Å². The summed E-state index contributed by atoms with van der Waals surface area (Å²) in [6, 6.07) is 0. The van der Waals surface area contributed by atoms with E-state index in [1.165, 1.54) is 0 Å². The van der Waals surface area contributed by atoms with Crippen LogP contribution in [-0.4, -0.2) is 111 Å². The van der Waals surface area contributed by atoms with Crippen LogP contribution in [0.3, 0.4) is 0 Å². The molecule has 0 aromatic rings. The van der Waals surface area contributed by atoms with E-state index in [1.807, 2.05) is 0 Å². The molecule has 15 nitrogen and oxygen atoms in total. The first-order valence-electron chi connectivity index (χ1n) is 12.8. The van der Waals surface area contributed by atoms with E-state index in [1.54, 1.807) is 27.7 Å². The van der Waals surface area contributed by atoms with Gasteiger partial charge in [0.15, 0.2) is 48.6 Å². The number of fused-ring (bicyclic) bond motifs is 3. The molecule has 0 spiro atoms. The van der Waals surface area contributed by atoms with Gasteiger partial charge in [0, 0.05) is 20.8 Å². The van der Waals surface area contributed by atoms with Crippen LogP contribution in [0.2, 0.25) is 0 Å². The Hall–Kier alpha value is -2.40. The topological polar surface area (TPSA) is 170 Å². The number of carbonyl (C=O) groups is 4. The summed E-state index contributed by atoms with van der Waals surface area (Å²) < 4.78 is 62.9. The Kier molecular flexibility index (Phi) is 8.76. The van der Waals surface area contributed by atoms with Gasteiger partial charge in [-0.05, 0) is 27.7 Å². The molecule has 0 bridgehead atoms. The molecule has 0 aliphatic carbocycles. The molecule has 0 amide bonds. The van der Waals surface area contributed by atoms with Gasteiger partial charge in [0.25, 0.3) is 0 Å². The van der Waals surface area contributed by atoms with E-state index in [0.29, 0.717) is 0 Å².